The Bertz CT molecular complexity index is 392. The number of carbonyl (C=O) groups is 1. The van der Waals surface area contributed by atoms with Crippen molar-refractivity contribution < 1.29 is 19.6 Å². The average molecular weight is 239 g/mol. The molecule has 1 rings (SSSR count). The van der Waals surface area contributed by atoms with E-state index in [1.54, 1.807) is 30.3 Å². The van der Waals surface area contributed by atoms with Crippen LogP contribution in [0.25, 0.3) is 0 Å². The quantitative estimate of drug-likeness (QED) is 0.461. The van der Waals surface area contributed by atoms with Gasteiger partial charge in [0.05, 0.1) is 13.0 Å². The first-order chi connectivity index (χ1) is 8.06. The molecule has 6 nitrogen and oxygen atoms in total. The number of rotatable bonds is 5. The monoisotopic (exact) mass is 239 g/mol. The lowest BCUT2D eigenvalue weighted by atomic mass is 9.93. The molecule has 0 aliphatic heterocycles. The van der Waals surface area contributed by atoms with Crippen LogP contribution in [0.2, 0.25) is 0 Å². The third kappa shape index (κ3) is 3.53. The third-order valence-corrected chi connectivity index (χ3v) is 2.40. The van der Waals surface area contributed by atoms with Gasteiger partial charge in [-0.3, -0.25) is 10.1 Å². The van der Waals surface area contributed by atoms with Crippen molar-refractivity contribution in [2.45, 2.75) is 12.0 Å². The Morgan fingerprint density at radius 1 is 1.47 bits per heavy atom. The van der Waals surface area contributed by atoms with Crippen molar-refractivity contribution in [2.75, 3.05) is 13.7 Å². The first-order valence-corrected chi connectivity index (χ1v) is 4.99. The Kier molecular flexibility index (Phi) is 4.59. The second-order valence-corrected chi connectivity index (χ2v) is 3.50. The highest BCUT2D eigenvalue weighted by Crippen LogP contribution is 2.20. The minimum Gasteiger partial charge on any atom is -0.467 e. The number of esters is 1. The molecule has 0 saturated heterocycles. The van der Waals surface area contributed by atoms with Crippen molar-refractivity contribution in [1.29, 1.82) is 0 Å². The van der Waals surface area contributed by atoms with Crippen molar-refractivity contribution in [3.63, 3.8) is 0 Å². The SMILES string of the molecule is COC(=O)[C@H](O)[C@H](C[N+](=O)[O-])c1ccccc1. The molecule has 2 atom stereocenters. The van der Waals surface area contributed by atoms with Gasteiger partial charge in [-0.25, -0.2) is 4.79 Å². The molecule has 1 aromatic carbocycles. The Balaban J connectivity index is 2.95. The van der Waals surface area contributed by atoms with Crippen LogP contribution >= 0.6 is 0 Å². The van der Waals surface area contributed by atoms with Crippen molar-refractivity contribution in [1.82, 2.24) is 0 Å². The Morgan fingerprint density at radius 3 is 2.53 bits per heavy atom. The predicted molar refractivity (Wildman–Crippen MR) is 59.1 cm³/mol. The van der Waals surface area contributed by atoms with Crippen LogP contribution in [0, 0.1) is 10.1 Å². The molecule has 1 N–H and O–H groups in total. The van der Waals surface area contributed by atoms with Gasteiger partial charge < -0.3 is 9.84 Å². The molecule has 0 amide bonds. The smallest absolute Gasteiger partial charge is 0.335 e. The number of nitro groups is 1. The van der Waals surface area contributed by atoms with Crippen LogP contribution in [-0.2, 0) is 9.53 Å². The molecule has 0 unspecified atom stereocenters. The normalized spacial score (nSPS) is 13.8. The Labute approximate surface area is 98.0 Å². The summed E-state index contributed by atoms with van der Waals surface area (Å²) in [6.07, 6.45) is -1.53. The van der Waals surface area contributed by atoms with E-state index in [9.17, 15) is 20.0 Å². The topological polar surface area (TPSA) is 89.7 Å². The summed E-state index contributed by atoms with van der Waals surface area (Å²) in [6.45, 7) is -0.527. The molecule has 0 heterocycles. The molecule has 1 aromatic rings. The van der Waals surface area contributed by atoms with E-state index in [1.807, 2.05) is 0 Å². The van der Waals surface area contributed by atoms with E-state index in [4.69, 9.17) is 0 Å². The predicted octanol–water partition coefficient (Wildman–Crippen LogP) is 0.581. The Morgan fingerprint density at radius 2 is 2.06 bits per heavy atom. The van der Waals surface area contributed by atoms with Gasteiger partial charge in [0.15, 0.2) is 6.10 Å². The second-order valence-electron chi connectivity index (χ2n) is 3.50. The van der Waals surface area contributed by atoms with Crippen LogP contribution < -0.4 is 0 Å². The van der Waals surface area contributed by atoms with Crippen molar-refractivity contribution >= 4 is 5.97 Å². The van der Waals surface area contributed by atoms with Crippen LogP contribution in [0.3, 0.4) is 0 Å². The summed E-state index contributed by atoms with van der Waals surface area (Å²) in [5.74, 6) is -1.78. The molecule has 0 saturated carbocycles. The van der Waals surface area contributed by atoms with E-state index in [1.165, 1.54) is 0 Å². The maximum atomic E-state index is 11.2. The van der Waals surface area contributed by atoms with Gasteiger partial charge in [-0.2, -0.15) is 0 Å². The van der Waals surface area contributed by atoms with Gasteiger partial charge in [-0.15, -0.1) is 0 Å². The fraction of sp³-hybridized carbons (Fsp3) is 0.364. The van der Waals surface area contributed by atoms with E-state index in [2.05, 4.69) is 4.74 Å². The zero-order valence-electron chi connectivity index (χ0n) is 9.28. The highest BCUT2D eigenvalue weighted by atomic mass is 16.6. The average Bonchev–Trinajstić information content (AvgIpc) is 2.35. The van der Waals surface area contributed by atoms with Crippen molar-refractivity contribution in [3.8, 4) is 0 Å². The zero-order valence-corrected chi connectivity index (χ0v) is 9.28. The minimum atomic E-state index is -1.53. The number of methoxy groups -OCH3 is 1. The molecule has 0 aromatic heterocycles. The van der Waals surface area contributed by atoms with Gasteiger partial charge in [0.25, 0.3) is 0 Å². The number of hydrogen-bond donors (Lipinski definition) is 1. The van der Waals surface area contributed by atoms with Crippen molar-refractivity contribution in [3.05, 3.63) is 46.0 Å². The third-order valence-electron chi connectivity index (χ3n) is 2.40. The van der Waals surface area contributed by atoms with Gasteiger partial charge in [0.2, 0.25) is 6.54 Å². The lowest BCUT2D eigenvalue weighted by Crippen LogP contribution is -2.33. The number of hydrogen-bond acceptors (Lipinski definition) is 5. The molecule has 0 bridgehead atoms. The molecule has 6 heteroatoms. The van der Waals surface area contributed by atoms with E-state index in [0.717, 1.165) is 7.11 Å². The molecular formula is C11H13NO5. The summed E-state index contributed by atoms with van der Waals surface area (Å²) in [7, 11) is 1.12. The van der Waals surface area contributed by atoms with Crippen LogP contribution in [0.5, 0.6) is 0 Å². The van der Waals surface area contributed by atoms with Gasteiger partial charge >= 0.3 is 5.97 Å². The molecular weight excluding hydrogens is 226 g/mol. The lowest BCUT2D eigenvalue weighted by Gasteiger charge is -2.17. The van der Waals surface area contributed by atoms with E-state index < -0.39 is 29.5 Å². The first-order valence-electron chi connectivity index (χ1n) is 4.99. The number of carbonyl (C=O) groups excluding carboxylic acids is 1. The number of aliphatic hydroxyl groups is 1. The Hall–Kier alpha value is -1.95. The lowest BCUT2D eigenvalue weighted by molar-refractivity contribution is -0.485. The zero-order chi connectivity index (χ0) is 12.8. The maximum absolute atomic E-state index is 11.2. The number of aliphatic hydroxyl groups excluding tert-OH is 1. The maximum Gasteiger partial charge on any atom is 0.335 e. The standard InChI is InChI=1S/C11H13NO5/c1-17-11(14)10(13)9(7-12(15)16)8-5-3-2-4-6-8/h2-6,9-10,13H,7H2,1H3/t9-,10-/m1/s1. The fourth-order valence-electron chi connectivity index (χ4n) is 1.53. The second kappa shape index (κ2) is 5.95. The van der Waals surface area contributed by atoms with E-state index >= 15 is 0 Å². The van der Waals surface area contributed by atoms with Crippen LogP contribution in [-0.4, -0.2) is 35.8 Å². The molecule has 0 aliphatic rings. The number of ether oxygens (including phenoxy) is 1. The minimum absolute atomic E-state index is 0.527. The van der Waals surface area contributed by atoms with Crippen molar-refractivity contribution in [2.24, 2.45) is 0 Å². The molecule has 0 aliphatic carbocycles. The van der Waals surface area contributed by atoms with Crippen LogP contribution in [0.1, 0.15) is 11.5 Å². The molecule has 0 fully saturated rings. The highest BCUT2D eigenvalue weighted by Gasteiger charge is 2.32. The number of nitrogens with zero attached hydrogens (tertiary/aromatic N) is 1. The highest BCUT2D eigenvalue weighted by molar-refractivity contribution is 5.75. The molecule has 0 radical (unpaired) electrons. The summed E-state index contributed by atoms with van der Waals surface area (Å²) in [5.41, 5.74) is 0.530. The molecule has 17 heavy (non-hydrogen) atoms. The summed E-state index contributed by atoms with van der Waals surface area (Å²) < 4.78 is 4.38. The van der Waals surface area contributed by atoms with Crippen LogP contribution in [0.15, 0.2) is 30.3 Å². The summed E-state index contributed by atoms with van der Waals surface area (Å²) in [5, 5.41) is 20.2. The summed E-state index contributed by atoms with van der Waals surface area (Å²) >= 11 is 0. The van der Waals surface area contributed by atoms with E-state index in [0.29, 0.717) is 5.56 Å². The summed E-state index contributed by atoms with van der Waals surface area (Å²) in [4.78, 5) is 21.2. The van der Waals surface area contributed by atoms with E-state index in [-0.39, 0.29) is 0 Å². The van der Waals surface area contributed by atoms with Gasteiger partial charge in [-0.1, -0.05) is 30.3 Å². The summed E-state index contributed by atoms with van der Waals surface area (Å²) in [6, 6.07) is 8.37. The van der Waals surface area contributed by atoms with Gasteiger partial charge in [0, 0.05) is 4.92 Å². The molecule has 92 valence electrons. The van der Waals surface area contributed by atoms with Gasteiger partial charge in [-0.05, 0) is 5.56 Å². The molecule has 0 spiro atoms. The first kappa shape index (κ1) is 13.1. The van der Waals surface area contributed by atoms with Gasteiger partial charge in [0.1, 0.15) is 0 Å². The largest absolute Gasteiger partial charge is 0.467 e. The number of benzene rings is 1. The van der Waals surface area contributed by atoms with Crippen LogP contribution in [0.4, 0.5) is 0 Å². The fourth-order valence-corrected chi connectivity index (χ4v) is 1.53.